The quantitative estimate of drug-likeness (QED) is 0.228. The third-order valence-electron chi connectivity index (χ3n) is 7.44. The Labute approximate surface area is 264 Å². The molecule has 1 N–H and O–H groups in total. The van der Waals surface area contributed by atoms with Crippen LogP contribution in [0.5, 0.6) is 11.5 Å². The average molecular weight is 628 g/mol. The molecule has 1 heterocycles. The van der Waals surface area contributed by atoms with Crippen molar-refractivity contribution in [1.29, 1.82) is 0 Å². The van der Waals surface area contributed by atoms with Gasteiger partial charge in [0.25, 0.3) is 10.0 Å². The number of nitrogens with one attached hydrogen (secondary N) is 1. The third-order valence-corrected chi connectivity index (χ3v) is 9.23. The van der Waals surface area contributed by atoms with Gasteiger partial charge in [-0.1, -0.05) is 85.8 Å². The number of anilines is 1. The highest BCUT2D eigenvalue weighted by Gasteiger charge is 2.35. The van der Waals surface area contributed by atoms with E-state index in [2.05, 4.69) is 5.32 Å². The smallest absolute Gasteiger partial charge is 0.264 e. The highest BCUT2D eigenvalue weighted by molar-refractivity contribution is 7.92. The molecule has 4 aromatic rings. The van der Waals surface area contributed by atoms with Crippen molar-refractivity contribution >= 4 is 27.5 Å². The molecule has 1 aliphatic rings. The van der Waals surface area contributed by atoms with Crippen LogP contribution in [0.25, 0.3) is 0 Å². The fourth-order valence-electron chi connectivity index (χ4n) is 5.14. The highest BCUT2D eigenvalue weighted by Crippen LogP contribution is 2.36. The Kier molecular flexibility index (Phi) is 10.4. The molecule has 0 aromatic heterocycles. The summed E-state index contributed by atoms with van der Waals surface area (Å²) < 4.78 is 40.8. The molecule has 10 heteroatoms. The van der Waals surface area contributed by atoms with Gasteiger partial charge in [0.15, 0.2) is 11.5 Å². The summed E-state index contributed by atoms with van der Waals surface area (Å²) in [5.41, 5.74) is 1.93. The van der Waals surface area contributed by atoms with Crippen LogP contribution in [0.3, 0.4) is 0 Å². The maximum absolute atomic E-state index is 14.5. The van der Waals surface area contributed by atoms with Crippen molar-refractivity contribution in [2.75, 3.05) is 30.6 Å². The molecule has 9 nitrogen and oxygen atoms in total. The van der Waals surface area contributed by atoms with Gasteiger partial charge in [-0.15, -0.1) is 0 Å². The first-order valence-corrected chi connectivity index (χ1v) is 16.4. The van der Waals surface area contributed by atoms with Gasteiger partial charge in [-0.25, -0.2) is 8.42 Å². The SMILES string of the molecule is CCCNC(=O)[C@H](Cc1ccccc1)N(Cc1ccccc1)C(=O)CN(c1ccc2c(c1)OCCO2)S(=O)(=O)c1ccccc1. The zero-order valence-corrected chi connectivity index (χ0v) is 26.0. The largest absolute Gasteiger partial charge is 0.486 e. The van der Waals surface area contributed by atoms with E-state index in [1.165, 1.54) is 17.0 Å². The van der Waals surface area contributed by atoms with E-state index in [4.69, 9.17) is 9.47 Å². The predicted molar refractivity (Wildman–Crippen MR) is 173 cm³/mol. The normalized spacial score (nSPS) is 13.0. The van der Waals surface area contributed by atoms with Gasteiger partial charge in [0.2, 0.25) is 11.8 Å². The van der Waals surface area contributed by atoms with E-state index in [1.807, 2.05) is 67.6 Å². The van der Waals surface area contributed by atoms with Gasteiger partial charge in [0.05, 0.1) is 10.6 Å². The van der Waals surface area contributed by atoms with E-state index in [1.54, 1.807) is 36.4 Å². The number of carbonyl (C=O) groups is 2. The van der Waals surface area contributed by atoms with E-state index in [0.717, 1.165) is 21.9 Å². The number of hydrogen-bond donors (Lipinski definition) is 1. The minimum Gasteiger partial charge on any atom is -0.486 e. The molecule has 0 aliphatic carbocycles. The molecular weight excluding hydrogens is 590 g/mol. The molecule has 1 atom stereocenters. The Bertz CT molecular complexity index is 1680. The molecule has 0 fully saturated rings. The standard InChI is InChI=1S/C35H37N3O6S/c1-2-20-36-35(40)31(23-27-12-6-3-7-13-27)37(25-28-14-8-4-9-15-28)34(39)26-38(45(41,42)30-16-10-5-11-17-30)29-18-19-32-33(24-29)44-22-21-43-32/h3-19,24,31H,2,20-23,25-26H2,1H3,(H,36,40)/t31-/m0/s1. The summed E-state index contributed by atoms with van der Waals surface area (Å²) in [6, 6.07) is 30.7. The number of benzene rings is 4. The van der Waals surface area contributed by atoms with Gasteiger partial charge in [0.1, 0.15) is 25.8 Å². The molecule has 0 spiro atoms. The van der Waals surface area contributed by atoms with Crippen LogP contribution in [-0.4, -0.2) is 57.5 Å². The summed E-state index contributed by atoms with van der Waals surface area (Å²) in [7, 11) is -4.21. The number of nitrogens with zero attached hydrogens (tertiary/aromatic N) is 2. The molecule has 5 rings (SSSR count). The van der Waals surface area contributed by atoms with Gasteiger partial charge in [0, 0.05) is 25.6 Å². The van der Waals surface area contributed by atoms with Crippen LogP contribution in [0.15, 0.2) is 114 Å². The van der Waals surface area contributed by atoms with Crippen LogP contribution in [-0.2, 0) is 32.6 Å². The van der Waals surface area contributed by atoms with Crippen molar-refractivity contribution in [1.82, 2.24) is 10.2 Å². The van der Waals surface area contributed by atoms with E-state index in [-0.39, 0.29) is 29.5 Å². The van der Waals surface area contributed by atoms with E-state index < -0.39 is 28.5 Å². The van der Waals surface area contributed by atoms with Gasteiger partial charge in [-0.2, -0.15) is 0 Å². The zero-order valence-electron chi connectivity index (χ0n) is 25.2. The lowest BCUT2D eigenvalue weighted by atomic mass is 10.0. The van der Waals surface area contributed by atoms with Crippen LogP contribution in [0.1, 0.15) is 24.5 Å². The van der Waals surface area contributed by atoms with Crippen LogP contribution < -0.4 is 19.1 Å². The summed E-state index contributed by atoms with van der Waals surface area (Å²) in [5.74, 6) is 0.0544. The number of ether oxygens (including phenoxy) is 2. The van der Waals surface area contributed by atoms with Gasteiger partial charge in [-0.05, 0) is 41.8 Å². The average Bonchev–Trinajstić information content (AvgIpc) is 3.08. The predicted octanol–water partition coefficient (Wildman–Crippen LogP) is 4.82. The van der Waals surface area contributed by atoms with Gasteiger partial charge in [-0.3, -0.25) is 13.9 Å². The van der Waals surface area contributed by atoms with Crippen molar-refractivity contribution in [3.8, 4) is 11.5 Å². The number of fused-ring (bicyclic) bond motifs is 1. The molecule has 234 valence electrons. The summed E-state index contributed by atoms with van der Waals surface area (Å²) in [6.45, 7) is 2.67. The van der Waals surface area contributed by atoms with Crippen molar-refractivity contribution in [3.05, 3.63) is 120 Å². The zero-order chi connectivity index (χ0) is 31.6. The minimum atomic E-state index is -4.21. The Morgan fingerprint density at radius 3 is 2.04 bits per heavy atom. The first kappa shape index (κ1) is 31.6. The Balaban J connectivity index is 1.56. The molecule has 2 amide bonds. The molecular formula is C35H37N3O6S. The molecule has 0 unspecified atom stereocenters. The van der Waals surface area contributed by atoms with Crippen LogP contribution in [0, 0.1) is 0 Å². The monoisotopic (exact) mass is 627 g/mol. The van der Waals surface area contributed by atoms with Crippen LogP contribution >= 0.6 is 0 Å². The molecule has 45 heavy (non-hydrogen) atoms. The number of rotatable bonds is 13. The molecule has 0 radical (unpaired) electrons. The number of sulfonamides is 1. The summed E-state index contributed by atoms with van der Waals surface area (Å²) in [6.07, 6.45) is 0.980. The summed E-state index contributed by atoms with van der Waals surface area (Å²) >= 11 is 0. The Morgan fingerprint density at radius 2 is 1.40 bits per heavy atom. The second-order valence-corrected chi connectivity index (χ2v) is 12.5. The lowest BCUT2D eigenvalue weighted by Gasteiger charge is -2.34. The molecule has 4 aromatic carbocycles. The maximum Gasteiger partial charge on any atom is 0.264 e. The lowest BCUT2D eigenvalue weighted by Crippen LogP contribution is -2.53. The maximum atomic E-state index is 14.5. The van der Waals surface area contributed by atoms with Crippen molar-refractivity contribution < 1.29 is 27.5 Å². The first-order valence-electron chi connectivity index (χ1n) is 15.0. The van der Waals surface area contributed by atoms with E-state index in [0.29, 0.717) is 31.3 Å². The molecule has 0 saturated heterocycles. The molecule has 0 bridgehead atoms. The van der Waals surface area contributed by atoms with Crippen LogP contribution in [0.4, 0.5) is 5.69 Å². The fourth-order valence-corrected chi connectivity index (χ4v) is 6.56. The fraction of sp³-hybridized carbons (Fsp3) is 0.257. The number of carbonyl (C=O) groups excluding carboxylic acids is 2. The second-order valence-electron chi connectivity index (χ2n) is 10.7. The topological polar surface area (TPSA) is 105 Å². The Hall–Kier alpha value is -4.83. The lowest BCUT2D eigenvalue weighted by molar-refractivity contribution is -0.140. The summed E-state index contributed by atoms with van der Waals surface area (Å²) in [5, 5.41) is 2.95. The highest BCUT2D eigenvalue weighted by atomic mass is 32.2. The Morgan fingerprint density at radius 1 is 0.800 bits per heavy atom. The van der Waals surface area contributed by atoms with Crippen molar-refractivity contribution in [2.45, 2.75) is 37.2 Å². The van der Waals surface area contributed by atoms with Crippen LogP contribution in [0.2, 0.25) is 0 Å². The minimum absolute atomic E-state index is 0.0313. The van der Waals surface area contributed by atoms with Crippen molar-refractivity contribution in [2.24, 2.45) is 0 Å². The second kappa shape index (κ2) is 14.8. The van der Waals surface area contributed by atoms with Gasteiger partial charge >= 0.3 is 0 Å². The molecule has 1 aliphatic heterocycles. The third kappa shape index (κ3) is 7.82. The van der Waals surface area contributed by atoms with Gasteiger partial charge < -0.3 is 19.7 Å². The van der Waals surface area contributed by atoms with E-state index in [9.17, 15) is 18.0 Å². The first-order chi connectivity index (χ1) is 21.9. The number of amides is 2. The summed E-state index contributed by atoms with van der Waals surface area (Å²) in [4.78, 5) is 29.7. The molecule has 0 saturated carbocycles. The van der Waals surface area contributed by atoms with E-state index >= 15 is 0 Å². The number of hydrogen-bond acceptors (Lipinski definition) is 6. The van der Waals surface area contributed by atoms with Crippen molar-refractivity contribution in [3.63, 3.8) is 0 Å².